The molecule has 1 aliphatic rings. The number of carbonyl (C=O) groups excluding carboxylic acids is 1. The predicted molar refractivity (Wildman–Crippen MR) is 91.1 cm³/mol. The van der Waals surface area contributed by atoms with Gasteiger partial charge in [0.25, 0.3) is 10.1 Å². The zero-order chi connectivity index (χ0) is 17.3. The van der Waals surface area contributed by atoms with Crippen molar-refractivity contribution in [2.75, 3.05) is 12.1 Å². The van der Waals surface area contributed by atoms with E-state index < -0.39 is 10.1 Å². The van der Waals surface area contributed by atoms with Crippen LogP contribution in [0.2, 0.25) is 0 Å². The number of anilines is 1. The number of hydrazone groups is 1. The van der Waals surface area contributed by atoms with Gasteiger partial charge in [-0.3, -0.25) is 14.4 Å². The molecule has 0 aromatic heterocycles. The van der Waals surface area contributed by atoms with E-state index in [1.807, 2.05) is 12.1 Å². The van der Waals surface area contributed by atoms with Crippen molar-refractivity contribution in [1.82, 2.24) is 0 Å². The monoisotopic (exact) mass is 342 g/mol. The fraction of sp³-hybridized carbons (Fsp3) is 0.0588. The zero-order valence-electron chi connectivity index (χ0n) is 12.7. The third-order valence-corrected chi connectivity index (χ3v) is 4.49. The van der Waals surface area contributed by atoms with Crippen molar-refractivity contribution in [2.24, 2.45) is 5.10 Å². The van der Waals surface area contributed by atoms with Crippen molar-refractivity contribution < 1.29 is 17.8 Å². The highest BCUT2D eigenvalue weighted by Crippen LogP contribution is 2.20. The molecule has 2 aromatic rings. The van der Waals surface area contributed by atoms with Gasteiger partial charge in [-0.05, 0) is 36.4 Å². The Kier molecular flexibility index (Phi) is 4.04. The van der Waals surface area contributed by atoms with E-state index in [0.717, 1.165) is 5.56 Å². The van der Waals surface area contributed by atoms with Gasteiger partial charge >= 0.3 is 0 Å². The fourth-order valence-corrected chi connectivity index (χ4v) is 2.88. The molecule has 0 bridgehead atoms. The molecule has 1 N–H and O–H groups in total. The number of rotatable bonds is 3. The van der Waals surface area contributed by atoms with Gasteiger partial charge in [0.1, 0.15) is 0 Å². The Morgan fingerprint density at radius 2 is 1.58 bits per heavy atom. The Balaban J connectivity index is 1.94. The van der Waals surface area contributed by atoms with Gasteiger partial charge in [-0.25, -0.2) is 0 Å². The lowest BCUT2D eigenvalue weighted by Gasteiger charge is -2.17. The molecule has 3 rings (SSSR count). The Morgan fingerprint density at radius 3 is 2.21 bits per heavy atom. The van der Waals surface area contributed by atoms with Crippen molar-refractivity contribution in [3.05, 3.63) is 71.8 Å². The first-order chi connectivity index (χ1) is 11.4. The molecule has 0 heterocycles. The Hall–Kier alpha value is -2.77. The van der Waals surface area contributed by atoms with Gasteiger partial charge in [0.2, 0.25) is 0 Å². The number of hydrogen-bond acceptors (Lipinski definition) is 5. The van der Waals surface area contributed by atoms with E-state index in [-0.39, 0.29) is 10.7 Å². The summed E-state index contributed by atoms with van der Waals surface area (Å²) in [5, 5.41) is 6.04. The largest absolute Gasteiger partial charge is 0.294 e. The SMILES string of the molecule is CN(/N=C1/C=CC(=O)c2ccccc21)c1ccc(S(=O)(=O)O)cc1. The second-order valence-electron chi connectivity index (χ2n) is 5.22. The molecule has 6 nitrogen and oxygen atoms in total. The summed E-state index contributed by atoms with van der Waals surface area (Å²) in [7, 11) is -2.51. The first kappa shape index (κ1) is 16.1. The average Bonchev–Trinajstić information content (AvgIpc) is 2.57. The molecular formula is C17H14N2O4S. The number of carbonyl (C=O) groups is 1. The molecule has 0 radical (unpaired) electrons. The molecule has 0 aliphatic heterocycles. The van der Waals surface area contributed by atoms with Gasteiger partial charge in [0.05, 0.1) is 16.3 Å². The van der Waals surface area contributed by atoms with Crippen LogP contribution < -0.4 is 5.01 Å². The van der Waals surface area contributed by atoms with Gasteiger partial charge < -0.3 is 0 Å². The summed E-state index contributed by atoms with van der Waals surface area (Å²) in [6.07, 6.45) is 3.12. The van der Waals surface area contributed by atoms with Crippen molar-refractivity contribution >= 4 is 27.3 Å². The van der Waals surface area contributed by atoms with Crippen LogP contribution in [0.15, 0.2) is 70.7 Å². The minimum atomic E-state index is -4.22. The molecule has 24 heavy (non-hydrogen) atoms. The quantitative estimate of drug-likeness (QED) is 0.684. The number of benzene rings is 2. The molecule has 0 atom stereocenters. The maximum absolute atomic E-state index is 11.9. The molecule has 2 aromatic carbocycles. The van der Waals surface area contributed by atoms with Crippen molar-refractivity contribution in [3.63, 3.8) is 0 Å². The number of ketones is 1. The first-order valence-electron chi connectivity index (χ1n) is 7.08. The first-order valence-corrected chi connectivity index (χ1v) is 8.52. The molecule has 0 saturated carbocycles. The number of fused-ring (bicyclic) bond motifs is 1. The van der Waals surface area contributed by atoms with Crippen LogP contribution in [0.4, 0.5) is 5.69 Å². The maximum Gasteiger partial charge on any atom is 0.294 e. The lowest BCUT2D eigenvalue weighted by atomic mass is 9.94. The van der Waals surface area contributed by atoms with Gasteiger partial charge in [-0.15, -0.1) is 0 Å². The number of nitrogens with zero attached hydrogens (tertiary/aromatic N) is 2. The minimum absolute atomic E-state index is 0.0651. The summed E-state index contributed by atoms with van der Waals surface area (Å²) < 4.78 is 31.1. The fourth-order valence-electron chi connectivity index (χ4n) is 2.40. The van der Waals surface area contributed by atoms with Crippen LogP contribution in [0.5, 0.6) is 0 Å². The average molecular weight is 342 g/mol. The lowest BCUT2D eigenvalue weighted by Crippen LogP contribution is -2.17. The normalized spacial score (nSPS) is 15.4. The highest BCUT2D eigenvalue weighted by atomic mass is 32.2. The highest BCUT2D eigenvalue weighted by Gasteiger charge is 2.17. The topological polar surface area (TPSA) is 87.0 Å². The molecule has 0 fully saturated rings. The van der Waals surface area contributed by atoms with Crippen molar-refractivity contribution in [2.45, 2.75) is 4.90 Å². The standard InChI is InChI=1S/C17H14N2O4S/c1-19(12-6-8-13(9-7-12)24(21,22)23)18-16-10-11-17(20)15-5-3-2-4-14(15)16/h2-11H,1H3,(H,21,22,23)/b18-16-. The molecule has 7 heteroatoms. The Bertz CT molecular complexity index is 960. The molecule has 122 valence electrons. The van der Waals surface area contributed by atoms with E-state index in [0.29, 0.717) is 17.0 Å². The summed E-state index contributed by atoms with van der Waals surface area (Å²) >= 11 is 0. The van der Waals surface area contributed by atoms with Crippen LogP contribution >= 0.6 is 0 Å². The van der Waals surface area contributed by atoms with Crippen LogP contribution in [0, 0.1) is 0 Å². The van der Waals surface area contributed by atoms with E-state index in [2.05, 4.69) is 5.10 Å². The smallest absolute Gasteiger partial charge is 0.289 e. The third-order valence-electron chi connectivity index (χ3n) is 3.63. The van der Waals surface area contributed by atoms with Gasteiger partial charge in [0, 0.05) is 18.2 Å². The number of hydrogen-bond donors (Lipinski definition) is 1. The Labute approximate surface area is 139 Å². The molecular weight excluding hydrogens is 328 g/mol. The van der Waals surface area contributed by atoms with Crippen LogP contribution in [0.1, 0.15) is 15.9 Å². The molecule has 0 spiro atoms. The second-order valence-corrected chi connectivity index (χ2v) is 6.64. The summed E-state index contributed by atoms with van der Waals surface area (Å²) in [5.74, 6) is -0.0651. The molecule has 0 saturated heterocycles. The molecule has 1 aliphatic carbocycles. The van der Waals surface area contributed by atoms with Crippen LogP contribution in [-0.4, -0.2) is 31.5 Å². The van der Waals surface area contributed by atoms with Crippen molar-refractivity contribution in [1.29, 1.82) is 0 Å². The maximum atomic E-state index is 11.9. The van der Waals surface area contributed by atoms with E-state index >= 15 is 0 Å². The summed E-state index contributed by atoms with van der Waals surface area (Å²) in [5.41, 5.74) is 2.60. The van der Waals surface area contributed by atoms with Gasteiger partial charge in [-0.1, -0.05) is 24.3 Å². The lowest BCUT2D eigenvalue weighted by molar-refractivity contribution is 0.104. The Morgan fingerprint density at radius 1 is 0.958 bits per heavy atom. The van der Waals surface area contributed by atoms with Crippen LogP contribution in [-0.2, 0) is 10.1 Å². The zero-order valence-corrected chi connectivity index (χ0v) is 13.6. The summed E-state index contributed by atoms with van der Waals surface area (Å²) in [4.78, 5) is 11.7. The van der Waals surface area contributed by atoms with Gasteiger partial charge in [-0.2, -0.15) is 13.5 Å². The number of allylic oxidation sites excluding steroid dienone is 2. The summed E-state index contributed by atoms with van der Waals surface area (Å²) in [6, 6.07) is 12.9. The molecule has 0 unspecified atom stereocenters. The van der Waals surface area contributed by atoms with E-state index in [1.54, 1.807) is 30.3 Å². The predicted octanol–water partition coefficient (Wildman–Crippen LogP) is 2.53. The van der Waals surface area contributed by atoms with Crippen molar-refractivity contribution in [3.8, 4) is 0 Å². The second kappa shape index (κ2) is 6.03. The highest BCUT2D eigenvalue weighted by molar-refractivity contribution is 7.85. The van der Waals surface area contributed by atoms with E-state index in [4.69, 9.17) is 4.55 Å². The van der Waals surface area contributed by atoms with Gasteiger partial charge in [0.15, 0.2) is 5.78 Å². The van der Waals surface area contributed by atoms with E-state index in [9.17, 15) is 13.2 Å². The van der Waals surface area contributed by atoms with E-state index in [1.165, 1.54) is 30.3 Å². The van der Waals surface area contributed by atoms with Crippen LogP contribution in [0.25, 0.3) is 0 Å². The third kappa shape index (κ3) is 3.12. The minimum Gasteiger partial charge on any atom is -0.289 e. The van der Waals surface area contributed by atoms with Crippen LogP contribution in [0.3, 0.4) is 0 Å². The molecule has 0 amide bonds. The summed E-state index contributed by atoms with van der Waals surface area (Å²) in [6.45, 7) is 0.